The van der Waals surface area contributed by atoms with Gasteiger partial charge in [-0.1, -0.05) is 35.7 Å². The summed E-state index contributed by atoms with van der Waals surface area (Å²) in [6.07, 6.45) is 5.98. The topological polar surface area (TPSA) is 55.1 Å². The summed E-state index contributed by atoms with van der Waals surface area (Å²) in [6, 6.07) is 5.85. The molecule has 3 N–H and O–H groups in total. The van der Waals surface area contributed by atoms with Crippen molar-refractivity contribution in [2.75, 3.05) is 0 Å². The molecule has 2 atom stereocenters. The summed E-state index contributed by atoms with van der Waals surface area (Å²) in [5, 5.41) is 4.38. The minimum atomic E-state index is 0.0431. The molecule has 5 heteroatoms. The molecule has 0 radical (unpaired) electrons. The second-order valence-corrected chi connectivity index (χ2v) is 7.53. The molecule has 0 spiro atoms. The van der Waals surface area contributed by atoms with Gasteiger partial charge in [0.25, 0.3) is 0 Å². The van der Waals surface area contributed by atoms with Crippen LogP contribution in [-0.4, -0.2) is 18.0 Å². The number of fused-ring (bicyclic) bond motifs is 2. The maximum atomic E-state index is 12.4. The first-order valence-electron chi connectivity index (χ1n) is 8.02. The highest BCUT2D eigenvalue weighted by atomic mass is 35.5. The Hall–Kier alpha value is -0.770. The zero-order valence-electron chi connectivity index (χ0n) is 12.5. The highest BCUT2D eigenvalue weighted by Crippen LogP contribution is 2.39. The molecule has 2 saturated carbocycles. The molecule has 0 heterocycles. The number of hydrogen-bond acceptors (Lipinski definition) is 2. The largest absolute Gasteiger partial charge is 0.353 e. The lowest BCUT2D eigenvalue weighted by Crippen LogP contribution is -2.54. The van der Waals surface area contributed by atoms with Gasteiger partial charge < -0.3 is 11.1 Å². The molecular formula is C17H22Cl2N2O. The van der Waals surface area contributed by atoms with Crippen molar-refractivity contribution in [2.24, 2.45) is 17.6 Å². The Kier molecular flexibility index (Phi) is 4.96. The Morgan fingerprint density at radius 3 is 2.55 bits per heavy atom. The average molecular weight is 341 g/mol. The molecule has 2 bridgehead atoms. The number of benzene rings is 1. The van der Waals surface area contributed by atoms with Crippen LogP contribution < -0.4 is 11.1 Å². The number of carbonyl (C=O) groups is 1. The van der Waals surface area contributed by atoms with E-state index in [0.717, 1.165) is 18.4 Å². The number of hydrogen-bond donors (Lipinski definition) is 2. The molecule has 1 aromatic carbocycles. The monoisotopic (exact) mass is 340 g/mol. The van der Waals surface area contributed by atoms with Gasteiger partial charge in [0.2, 0.25) is 5.91 Å². The van der Waals surface area contributed by atoms with Crippen molar-refractivity contribution in [2.45, 2.75) is 50.6 Å². The van der Waals surface area contributed by atoms with E-state index in [4.69, 9.17) is 28.9 Å². The van der Waals surface area contributed by atoms with Gasteiger partial charge >= 0.3 is 0 Å². The van der Waals surface area contributed by atoms with E-state index in [1.807, 2.05) is 6.07 Å². The lowest BCUT2D eigenvalue weighted by Gasteiger charge is -2.45. The third-order valence-corrected chi connectivity index (χ3v) is 5.66. The van der Waals surface area contributed by atoms with Crippen molar-refractivity contribution in [1.29, 1.82) is 0 Å². The minimum Gasteiger partial charge on any atom is -0.353 e. The molecule has 2 aliphatic carbocycles. The number of rotatable bonds is 3. The molecule has 0 aliphatic heterocycles. The molecule has 1 aromatic rings. The highest BCUT2D eigenvalue weighted by molar-refractivity contribution is 6.35. The normalized spacial score (nSPS) is 30.9. The van der Waals surface area contributed by atoms with Gasteiger partial charge in [-0.3, -0.25) is 4.79 Å². The molecule has 2 unspecified atom stereocenters. The number of nitrogens with one attached hydrogen (secondary N) is 1. The van der Waals surface area contributed by atoms with E-state index in [-0.39, 0.29) is 11.9 Å². The first-order valence-corrected chi connectivity index (χ1v) is 8.77. The predicted molar refractivity (Wildman–Crippen MR) is 90.1 cm³/mol. The number of carbonyl (C=O) groups excluding carboxylic acids is 1. The lowest BCUT2D eigenvalue weighted by atomic mass is 9.67. The van der Waals surface area contributed by atoms with E-state index in [9.17, 15) is 4.79 Å². The van der Waals surface area contributed by atoms with Crippen molar-refractivity contribution < 1.29 is 4.79 Å². The van der Waals surface area contributed by atoms with Gasteiger partial charge in [0.05, 0.1) is 6.42 Å². The molecule has 0 saturated heterocycles. The van der Waals surface area contributed by atoms with E-state index >= 15 is 0 Å². The van der Waals surface area contributed by atoms with Crippen LogP contribution in [0.3, 0.4) is 0 Å². The minimum absolute atomic E-state index is 0.0431. The van der Waals surface area contributed by atoms with Crippen molar-refractivity contribution in [1.82, 2.24) is 5.32 Å². The van der Waals surface area contributed by atoms with Gasteiger partial charge in [-0.05, 0) is 55.2 Å². The standard InChI is InChI=1S/C17H22Cl2N2O/c18-13-5-4-10(15(19)9-13)8-16(22)21-17-11-2-1-3-12(17)7-14(20)6-11/h4-5,9,11-12,14,17H,1-3,6-8,20H2,(H,21,22). The first kappa shape index (κ1) is 16.1. The molecular weight excluding hydrogens is 319 g/mol. The van der Waals surface area contributed by atoms with Crippen LogP contribution in [0.25, 0.3) is 0 Å². The van der Waals surface area contributed by atoms with Gasteiger partial charge in [-0.25, -0.2) is 0 Å². The van der Waals surface area contributed by atoms with Crippen LogP contribution in [0.2, 0.25) is 10.0 Å². The second kappa shape index (κ2) is 6.77. The number of amides is 1. The van der Waals surface area contributed by atoms with Crippen LogP contribution in [0.1, 0.15) is 37.7 Å². The molecule has 1 amide bonds. The Bertz CT molecular complexity index is 550. The van der Waals surface area contributed by atoms with E-state index in [0.29, 0.717) is 34.3 Å². The summed E-state index contributed by atoms with van der Waals surface area (Å²) in [5.41, 5.74) is 6.95. The summed E-state index contributed by atoms with van der Waals surface area (Å²) in [4.78, 5) is 12.4. The van der Waals surface area contributed by atoms with Crippen molar-refractivity contribution in [3.05, 3.63) is 33.8 Å². The SMILES string of the molecule is NC1CC2CCCC(C1)C2NC(=O)Cc1ccc(Cl)cc1Cl. The van der Waals surface area contributed by atoms with Gasteiger partial charge in [0, 0.05) is 22.1 Å². The predicted octanol–water partition coefficient (Wildman–Crippen LogP) is 3.56. The number of halogens is 2. The van der Waals surface area contributed by atoms with E-state index in [1.54, 1.807) is 12.1 Å². The maximum absolute atomic E-state index is 12.4. The summed E-state index contributed by atoms with van der Waals surface area (Å²) >= 11 is 12.0. The Morgan fingerprint density at radius 2 is 1.91 bits per heavy atom. The fourth-order valence-electron chi connectivity index (χ4n) is 4.10. The van der Waals surface area contributed by atoms with Crippen molar-refractivity contribution >= 4 is 29.1 Å². The van der Waals surface area contributed by atoms with Crippen molar-refractivity contribution in [3.8, 4) is 0 Å². The van der Waals surface area contributed by atoms with E-state index in [2.05, 4.69) is 5.32 Å². The zero-order chi connectivity index (χ0) is 15.7. The Balaban J connectivity index is 1.64. The van der Waals surface area contributed by atoms with Gasteiger partial charge in [-0.2, -0.15) is 0 Å². The van der Waals surface area contributed by atoms with Crippen LogP contribution in [0.5, 0.6) is 0 Å². The first-order chi connectivity index (χ1) is 10.5. The molecule has 3 rings (SSSR count). The van der Waals surface area contributed by atoms with Crippen LogP contribution in [0, 0.1) is 11.8 Å². The fourth-order valence-corrected chi connectivity index (χ4v) is 4.58. The summed E-state index contributed by atoms with van der Waals surface area (Å²) in [6.45, 7) is 0. The molecule has 0 aromatic heterocycles. The van der Waals surface area contributed by atoms with Crippen LogP contribution in [0.15, 0.2) is 18.2 Å². The molecule has 120 valence electrons. The third kappa shape index (κ3) is 3.58. The second-order valence-electron chi connectivity index (χ2n) is 6.69. The molecule has 2 fully saturated rings. The quantitative estimate of drug-likeness (QED) is 0.883. The van der Waals surface area contributed by atoms with Gasteiger partial charge in [0.15, 0.2) is 0 Å². The number of nitrogens with two attached hydrogens (primary N) is 1. The maximum Gasteiger partial charge on any atom is 0.224 e. The van der Waals surface area contributed by atoms with Crippen molar-refractivity contribution in [3.63, 3.8) is 0 Å². The summed E-state index contributed by atoms with van der Waals surface area (Å²) in [7, 11) is 0. The van der Waals surface area contributed by atoms with Gasteiger partial charge in [-0.15, -0.1) is 0 Å². The van der Waals surface area contributed by atoms with Gasteiger partial charge in [0.1, 0.15) is 0 Å². The Morgan fingerprint density at radius 1 is 1.23 bits per heavy atom. The molecule has 22 heavy (non-hydrogen) atoms. The smallest absolute Gasteiger partial charge is 0.224 e. The zero-order valence-corrected chi connectivity index (χ0v) is 14.0. The van der Waals surface area contributed by atoms with E-state index in [1.165, 1.54) is 19.3 Å². The van der Waals surface area contributed by atoms with Crippen LogP contribution in [-0.2, 0) is 11.2 Å². The highest BCUT2D eigenvalue weighted by Gasteiger charge is 2.39. The van der Waals surface area contributed by atoms with E-state index < -0.39 is 0 Å². The van der Waals surface area contributed by atoms with Crippen LogP contribution >= 0.6 is 23.2 Å². The summed E-state index contributed by atoms with van der Waals surface area (Å²) in [5.74, 6) is 1.11. The molecule has 3 nitrogen and oxygen atoms in total. The fraction of sp³-hybridized carbons (Fsp3) is 0.588. The van der Waals surface area contributed by atoms with Crippen LogP contribution in [0.4, 0.5) is 0 Å². The summed E-state index contributed by atoms with van der Waals surface area (Å²) < 4.78 is 0. The lowest BCUT2D eigenvalue weighted by molar-refractivity contribution is -0.122. The molecule has 2 aliphatic rings. The average Bonchev–Trinajstić information content (AvgIpc) is 2.43. The Labute approximate surface area is 141 Å². The third-order valence-electron chi connectivity index (χ3n) is 5.07.